The number of rotatable bonds is 7. The van der Waals surface area contributed by atoms with Crippen LogP contribution in [0.25, 0.3) is 125 Å². The number of hydrogen-bond acceptors (Lipinski definition) is 3. The summed E-state index contributed by atoms with van der Waals surface area (Å²) in [6, 6.07) is 70.2. The van der Waals surface area contributed by atoms with Gasteiger partial charge in [-0.05, 0) is 117 Å². The van der Waals surface area contributed by atoms with Crippen LogP contribution in [0, 0.1) is 42.4 Å². The van der Waals surface area contributed by atoms with Crippen molar-refractivity contribution >= 4 is 60.7 Å². The van der Waals surface area contributed by atoms with E-state index < -0.39 is 0 Å². The first-order valence-corrected chi connectivity index (χ1v) is 23.1. The molecule has 0 saturated heterocycles. The van der Waals surface area contributed by atoms with Crippen molar-refractivity contribution in [2.24, 2.45) is 0 Å². The Kier molecular flexibility index (Phi) is 10.3. The molecule has 3 aromatic heterocycles. The standard InChI is InChI=1S/C64H34N8/c1-67-47-26-20-40(21-27-47)52-36-64(72-61-30-22-41(48-14-6-4-12-45(48)37-65)32-55(61)56-33-42(23-31-62(56)72)49-15-7-5-13-46(49)38-66)70-39-63(52)71-59-28-24-43(50-16-8-10-18-57(50)68-2)34-53(59)54-35-44(25-29-60(54)71)51-17-9-11-19-58(51)69-3/h4-36,39H. The minimum absolute atomic E-state index is 0.524. The second-order valence-corrected chi connectivity index (χ2v) is 17.4. The second kappa shape index (κ2) is 17.4. The molecule has 3 heterocycles. The van der Waals surface area contributed by atoms with E-state index in [2.05, 4.69) is 103 Å². The predicted octanol–water partition coefficient (Wildman–Crippen LogP) is 17.0. The molecule has 12 aromatic rings. The van der Waals surface area contributed by atoms with Gasteiger partial charge in [0.15, 0.2) is 17.1 Å². The van der Waals surface area contributed by atoms with Gasteiger partial charge in [-0.3, -0.25) is 4.57 Å². The molecule has 0 aliphatic heterocycles. The summed E-state index contributed by atoms with van der Waals surface area (Å²) in [5, 5.41) is 24.1. The zero-order chi connectivity index (χ0) is 48.9. The van der Waals surface area contributed by atoms with Crippen LogP contribution in [-0.2, 0) is 0 Å². The summed E-state index contributed by atoms with van der Waals surface area (Å²) < 4.78 is 4.40. The van der Waals surface area contributed by atoms with E-state index >= 15 is 0 Å². The summed E-state index contributed by atoms with van der Waals surface area (Å²) in [6.45, 7) is 23.7. The average molecular weight is 915 g/mol. The van der Waals surface area contributed by atoms with Crippen molar-refractivity contribution in [2.45, 2.75) is 0 Å². The molecular weight excluding hydrogens is 881 g/mol. The lowest BCUT2D eigenvalue weighted by Crippen LogP contribution is -2.03. The van der Waals surface area contributed by atoms with Crippen molar-refractivity contribution in [1.82, 2.24) is 14.1 Å². The Bertz CT molecular complexity index is 4230. The number of pyridine rings is 1. The van der Waals surface area contributed by atoms with Crippen LogP contribution in [0.3, 0.4) is 0 Å². The van der Waals surface area contributed by atoms with Gasteiger partial charge in [0.25, 0.3) is 0 Å². The maximum absolute atomic E-state index is 10.1. The van der Waals surface area contributed by atoms with Gasteiger partial charge in [0.05, 0.1) is 76.9 Å². The van der Waals surface area contributed by atoms with Gasteiger partial charge in [0.1, 0.15) is 5.82 Å². The molecule has 0 spiro atoms. The smallest absolute Gasteiger partial charge is 0.194 e. The van der Waals surface area contributed by atoms with Crippen molar-refractivity contribution in [3.05, 3.63) is 252 Å². The monoisotopic (exact) mass is 914 g/mol. The summed E-state index contributed by atoms with van der Waals surface area (Å²) in [7, 11) is 0. The highest BCUT2D eigenvalue weighted by Crippen LogP contribution is 2.44. The van der Waals surface area contributed by atoms with Crippen LogP contribution in [0.1, 0.15) is 11.1 Å². The third-order valence-electron chi connectivity index (χ3n) is 13.6. The highest BCUT2D eigenvalue weighted by Gasteiger charge is 2.22. The number of fused-ring (bicyclic) bond motifs is 6. The minimum atomic E-state index is 0.524. The molecule has 0 saturated carbocycles. The summed E-state index contributed by atoms with van der Waals surface area (Å²) in [4.78, 5) is 16.8. The topological polar surface area (TPSA) is 83.4 Å². The number of hydrogen-bond donors (Lipinski definition) is 0. The third kappa shape index (κ3) is 6.92. The molecule has 0 aliphatic carbocycles. The van der Waals surface area contributed by atoms with Crippen LogP contribution < -0.4 is 0 Å². The van der Waals surface area contributed by atoms with Crippen LogP contribution in [0.2, 0.25) is 0 Å². The van der Waals surface area contributed by atoms with Gasteiger partial charge in [-0.1, -0.05) is 133 Å². The van der Waals surface area contributed by atoms with Gasteiger partial charge in [0, 0.05) is 27.1 Å². The molecule has 0 bridgehead atoms. The summed E-state index contributed by atoms with van der Waals surface area (Å²) >= 11 is 0. The van der Waals surface area contributed by atoms with Crippen molar-refractivity contribution in [3.8, 4) is 79.3 Å². The first-order valence-electron chi connectivity index (χ1n) is 23.1. The van der Waals surface area contributed by atoms with Crippen molar-refractivity contribution in [3.63, 3.8) is 0 Å². The normalized spacial score (nSPS) is 11.0. The molecule has 0 N–H and O–H groups in total. The second-order valence-electron chi connectivity index (χ2n) is 17.4. The van der Waals surface area contributed by atoms with Gasteiger partial charge in [-0.2, -0.15) is 10.5 Å². The zero-order valence-electron chi connectivity index (χ0n) is 38.2. The highest BCUT2D eigenvalue weighted by atomic mass is 15.1. The molecule has 9 aromatic carbocycles. The van der Waals surface area contributed by atoms with Crippen LogP contribution in [0.4, 0.5) is 17.1 Å². The van der Waals surface area contributed by atoms with E-state index in [1.165, 1.54) is 0 Å². The Hall–Kier alpha value is -10.8. The lowest BCUT2D eigenvalue weighted by molar-refractivity contribution is 1.06. The Morgan fingerprint density at radius 3 is 1.19 bits per heavy atom. The fourth-order valence-corrected chi connectivity index (χ4v) is 10.2. The molecule has 0 fully saturated rings. The molecule has 72 heavy (non-hydrogen) atoms. The first kappa shape index (κ1) is 42.5. The molecule has 330 valence electrons. The molecule has 0 amide bonds. The molecule has 0 aliphatic rings. The van der Waals surface area contributed by atoms with Crippen molar-refractivity contribution in [2.75, 3.05) is 0 Å². The number of aromatic nitrogens is 3. The van der Waals surface area contributed by atoms with Gasteiger partial charge >= 0.3 is 0 Å². The van der Waals surface area contributed by atoms with E-state index in [0.717, 1.165) is 105 Å². The van der Waals surface area contributed by atoms with Crippen molar-refractivity contribution < 1.29 is 0 Å². The van der Waals surface area contributed by atoms with Gasteiger partial charge in [-0.15, -0.1) is 0 Å². The van der Waals surface area contributed by atoms with Crippen LogP contribution in [0.15, 0.2) is 206 Å². The fraction of sp³-hybridized carbons (Fsp3) is 0. The van der Waals surface area contributed by atoms with Gasteiger partial charge in [0.2, 0.25) is 0 Å². The van der Waals surface area contributed by atoms with E-state index in [9.17, 15) is 10.5 Å². The number of benzene rings is 9. The molecule has 8 heteroatoms. The zero-order valence-corrected chi connectivity index (χ0v) is 38.2. The number of nitriles is 2. The van der Waals surface area contributed by atoms with E-state index in [4.69, 9.17) is 24.7 Å². The molecule has 0 unspecified atom stereocenters. The Labute approximate surface area is 414 Å². The lowest BCUT2D eigenvalue weighted by atomic mass is 9.96. The Balaban J connectivity index is 1.13. The van der Waals surface area contributed by atoms with Crippen LogP contribution in [0.5, 0.6) is 0 Å². The number of nitrogens with zero attached hydrogens (tertiary/aromatic N) is 8. The van der Waals surface area contributed by atoms with E-state index in [1.807, 2.05) is 140 Å². The maximum Gasteiger partial charge on any atom is 0.194 e. The predicted molar refractivity (Wildman–Crippen MR) is 288 cm³/mol. The lowest BCUT2D eigenvalue weighted by Gasteiger charge is -2.17. The quantitative estimate of drug-likeness (QED) is 0.149. The van der Waals surface area contributed by atoms with Crippen LogP contribution in [-0.4, -0.2) is 14.1 Å². The van der Waals surface area contributed by atoms with Crippen molar-refractivity contribution in [1.29, 1.82) is 10.5 Å². The average Bonchev–Trinajstić information content (AvgIpc) is 3.96. The minimum Gasteiger partial charge on any atom is -0.307 e. The molecule has 12 rings (SSSR count). The van der Waals surface area contributed by atoms with E-state index in [1.54, 1.807) is 0 Å². The van der Waals surface area contributed by atoms with Gasteiger partial charge < -0.3 is 4.57 Å². The third-order valence-corrected chi connectivity index (χ3v) is 13.6. The molecular formula is C64H34N8. The molecule has 8 nitrogen and oxygen atoms in total. The summed E-state index contributed by atoms with van der Waals surface area (Å²) in [5.74, 6) is 0.662. The maximum atomic E-state index is 10.1. The van der Waals surface area contributed by atoms with Gasteiger partial charge in [-0.25, -0.2) is 19.5 Å². The van der Waals surface area contributed by atoms with Crippen LogP contribution >= 0.6 is 0 Å². The summed E-state index contributed by atoms with van der Waals surface area (Å²) in [6.07, 6.45) is 1.92. The number of para-hydroxylation sites is 2. The largest absolute Gasteiger partial charge is 0.307 e. The molecule has 0 radical (unpaired) electrons. The fourth-order valence-electron chi connectivity index (χ4n) is 10.2. The first-order chi connectivity index (χ1) is 35.5. The Morgan fingerprint density at radius 1 is 0.375 bits per heavy atom. The summed E-state index contributed by atoms with van der Waals surface area (Å²) in [5.41, 5.74) is 16.0. The van der Waals surface area contributed by atoms with E-state index in [0.29, 0.717) is 34.0 Å². The molecule has 0 atom stereocenters. The SMILES string of the molecule is [C-]#[N+]c1ccc(-c2cc(-n3c4ccc(-c5ccccc5C#N)cc4c4cc(-c5ccccc5C#N)ccc43)ncc2-n2c3ccc(-c4ccccc4[N+]#[C-])cc3c3cc(-c4ccccc4[N+]#[C-])ccc32)cc1. The Morgan fingerprint density at radius 2 is 0.764 bits per heavy atom. The highest BCUT2D eigenvalue weighted by molar-refractivity contribution is 6.14. The van der Waals surface area contributed by atoms with E-state index in [-0.39, 0.29) is 0 Å².